The van der Waals surface area contributed by atoms with Crippen molar-refractivity contribution in [3.05, 3.63) is 115 Å². The molecule has 15 heteroatoms. The minimum Gasteiger partial charge on any atom is -0.507 e. The van der Waals surface area contributed by atoms with Gasteiger partial charge in [0.15, 0.2) is 0 Å². The van der Waals surface area contributed by atoms with Gasteiger partial charge in [0.2, 0.25) is 0 Å². The van der Waals surface area contributed by atoms with Crippen molar-refractivity contribution in [2.45, 2.75) is 319 Å². The second-order valence-electron chi connectivity index (χ2n) is 37.5. The number of phenols is 4. The lowest BCUT2D eigenvalue weighted by molar-refractivity contribution is -1.16. The van der Waals surface area contributed by atoms with Gasteiger partial charge in [0.1, 0.15) is 65.9 Å². The summed E-state index contributed by atoms with van der Waals surface area (Å²) in [6, 6.07) is 15.4. The number of aryl methyl sites for hydroxylation is 4. The zero-order valence-electron chi connectivity index (χ0n) is 65.0. The average Bonchev–Trinajstić information content (AvgIpc) is 0.813. The Morgan fingerprint density at radius 3 is 0.649 bits per heavy atom. The lowest BCUT2D eigenvalue weighted by Gasteiger charge is -2.45. The first-order valence-corrected chi connectivity index (χ1v) is 35.0. The van der Waals surface area contributed by atoms with Crippen molar-refractivity contribution in [3.8, 4) is 23.0 Å². The summed E-state index contributed by atoms with van der Waals surface area (Å²) in [7, 11) is 0. The van der Waals surface area contributed by atoms with Crippen molar-refractivity contribution in [2.24, 2.45) is 5.41 Å². The average molecular weight is 1350 g/mol. The third kappa shape index (κ3) is 23.5. The first kappa shape index (κ1) is 83.3. The Morgan fingerprint density at radius 1 is 0.351 bits per heavy atom. The number of aromatic hydroxyl groups is 4. The van der Waals surface area contributed by atoms with Gasteiger partial charge in [-0.1, -0.05) is 215 Å². The zero-order valence-corrected chi connectivity index (χ0v) is 65.0. The van der Waals surface area contributed by atoms with Crippen LogP contribution >= 0.6 is 0 Å². The molecule has 5 rings (SSSR count). The minimum absolute atomic E-state index is 0.0629. The summed E-state index contributed by atoms with van der Waals surface area (Å²) < 4.78 is 24.4. The van der Waals surface area contributed by atoms with E-state index in [0.29, 0.717) is 17.9 Å². The van der Waals surface area contributed by atoms with Crippen LogP contribution in [0.5, 0.6) is 23.0 Å². The smallest absolute Gasteiger partial charge is 0.306 e. The number of piperidine rings is 1. The van der Waals surface area contributed by atoms with Gasteiger partial charge in [-0.3, -0.25) is 19.2 Å². The molecule has 0 aromatic heterocycles. The van der Waals surface area contributed by atoms with Gasteiger partial charge in [-0.25, -0.2) is 5.21 Å². The number of benzene rings is 4. The molecule has 1 saturated heterocycles. The molecule has 0 saturated carbocycles. The fourth-order valence-electron chi connectivity index (χ4n) is 12.7. The quantitative estimate of drug-likeness (QED) is 0.0322. The molecule has 544 valence electrons. The Balaban J connectivity index is 0.00000149. The molecule has 1 aliphatic rings. The lowest BCUT2D eigenvalue weighted by atomic mass is 9.78. The molecular weight excluding hydrogens is 1220 g/mol. The van der Waals surface area contributed by atoms with Crippen LogP contribution in [0.3, 0.4) is 0 Å². The summed E-state index contributed by atoms with van der Waals surface area (Å²) >= 11 is 0. The predicted octanol–water partition coefficient (Wildman–Crippen LogP) is 15.9. The fourth-order valence-corrected chi connectivity index (χ4v) is 12.7. The summed E-state index contributed by atoms with van der Waals surface area (Å²) in [4.78, 5) is 56.4. The highest BCUT2D eigenvalue weighted by Crippen LogP contribution is 2.45. The van der Waals surface area contributed by atoms with Crippen LogP contribution < -0.4 is 5.06 Å². The molecule has 97 heavy (non-hydrogen) atoms. The van der Waals surface area contributed by atoms with Crippen molar-refractivity contribution < 1.29 is 73.9 Å². The summed E-state index contributed by atoms with van der Waals surface area (Å²) in [5.74, 6) is -1.49. The van der Waals surface area contributed by atoms with E-state index in [4.69, 9.17) is 18.9 Å². The zero-order chi connectivity index (χ0) is 74.6. The lowest BCUT2D eigenvalue weighted by Crippen LogP contribution is -3.25. The van der Waals surface area contributed by atoms with Crippen molar-refractivity contribution in [1.82, 2.24) is 0 Å². The molecule has 7 N–H and O–H groups in total. The molecule has 1 aliphatic heterocycles. The number of aliphatic hydroxyl groups excluding tert-OH is 1. The first-order valence-electron chi connectivity index (χ1n) is 35.0. The maximum atomic E-state index is 14.1. The van der Waals surface area contributed by atoms with E-state index in [0.717, 1.165) is 66.8 Å². The summed E-state index contributed by atoms with van der Waals surface area (Å²) in [5.41, 5.74) is 4.15. The van der Waals surface area contributed by atoms with Gasteiger partial charge in [0, 0.05) is 38.5 Å². The monoisotopic (exact) mass is 1350 g/mol. The second-order valence-corrected chi connectivity index (χ2v) is 37.5. The number of phenolic OH excluding ortho intramolecular Hbond substituents is 4. The number of hydrogen-bond donors (Lipinski definition) is 7. The van der Waals surface area contributed by atoms with E-state index in [2.05, 4.69) is 0 Å². The van der Waals surface area contributed by atoms with Crippen molar-refractivity contribution >= 4 is 23.9 Å². The number of quaternary nitrogens is 1. The molecule has 0 spiro atoms. The molecule has 0 radical (unpaired) electrons. The molecule has 0 atom stereocenters. The van der Waals surface area contributed by atoms with Gasteiger partial charge in [-0.2, -0.15) is 5.06 Å². The number of esters is 4. The second kappa shape index (κ2) is 30.8. The maximum Gasteiger partial charge on any atom is 0.306 e. The Morgan fingerprint density at radius 2 is 0.505 bits per heavy atom. The van der Waals surface area contributed by atoms with Gasteiger partial charge in [0.25, 0.3) is 0 Å². The van der Waals surface area contributed by atoms with Gasteiger partial charge in [-0.05, 0) is 163 Å². The first-order chi connectivity index (χ1) is 43.7. The van der Waals surface area contributed by atoms with Gasteiger partial charge < -0.3 is 44.5 Å². The highest BCUT2D eigenvalue weighted by atomic mass is 16.6. The van der Waals surface area contributed by atoms with E-state index in [1.807, 2.05) is 242 Å². The van der Waals surface area contributed by atoms with Crippen LogP contribution in [0.15, 0.2) is 48.5 Å². The molecule has 1 heterocycles. The van der Waals surface area contributed by atoms with E-state index in [1.165, 1.54) is 0 Å². The standard InChI is InChI=1S/C73H108O12.C9H19NO2/c1-65(2,3)49-33-45(34-50(61(49)78)66(4,5)6)25-29-57(74)82-41-73(42-83-58(75)30-26-46-35-51(67(7,8)9)62(79)52(36-46)68(10,11)12,43-84-59(76)31-27-47-37-53(69(13,14)15)63(80)54(38-47)70(16,17)18)44-85-60(77)32-28-48-39-55(71(19,20)21)64(81)56(40-48)72(22,23)24;1-8(2)5-7(11)6-9(3,4)10(8)12/h33-40,78-81H,25-32,41-44H2,1-24H3;7,11-12H,5-6H2,1-4H3/p+1. The number of nitrogens with one attached hydrogen (secondary N) is 1. The predicted molar refractivity (Wildman–Crippen MR) is 388 cm³/mol. The molecule has 0 aliphatic carbocycles. The van der Waals surface area contributed by atoms with Crippen molar-refractivity contribution in [3.63, 3.8) is 0 Å². The number of carbonyl (C=O) groups excluding carboxylic acids is 4. The van der Waals surface area contributed by atoms with Crippen LogP contribution in [0.1, 0.15) is 299 Å². The third-order valence-corrected chi connectivity index (χ3v) is 18.5. The van der Waals surface area contributed by atoms with Gasteiger partial charge >= 0.3 is 23.9 Å². The fraction of sp³-hybridized carbons (Fsp3) is 0.659. The number of rotatable bonds is 20. The van der Waals surface area contributed by atoms with E-state index in [1.54, 1.807) is 0 Å². The molecule has 4 aromatic carbocycles. The highest BCUT2D eigenvalue weighted by Gasteiger charge is 2.49. The van der Waals surface area contributed by atoms with Crippen LogP contribution in [0.2, 0.25) is 0 Å². The Bertz CT molecular complexity index is 2830. The summed E-state index contributed by atoms with van der Waals surface area (Å²) in [6.45, 7) is 54.6. The molecule has 0 bridgehead atoms. The van der Waals surface area contributed by atoms with E-state index >= 15 is 0 Å². The summed E-state index contributed by atoms with van der Waals surface area (Å²) in [6.07, 6.45) is 1.92. The summed E-state index contributed by atoms with van der Waals surface area (Å²) in [5, 5.41) is 65.7. The van der Waals surface area contributed by atoms with Crippen LogP contribution in [0.25, 0.3) is 0 Å². The third-order valence-electron chi connectivity index (χ3n) is 18.5. The van der Waals surface area contributed by atoms with Crippen LogP contribution in [0.4, 0.5) is 0 Å². The number of aliphatic hydroxyl groups is 1. The molecule has 15 nitrogen and oxygen atoms in total. The highest BCUT2D eigenvalue weighted by molar-refractivity contribution is 5.72. The van der Waals surface area contributed by atoms with Crippen molar-refractivity contribution in [1.29, 1.82) is 0 Å². The maximum absolute atomic E-state index is 14.1. The molecular formula is C82H128NO14+. The molecule has 1 fully saturated rings. The number of hydroxylamine groups is 2. The number of hydrogen-bond acceptors (Lipinski definition) is 14. The Kier molecular flexibility index (Phi) is 26.4. The van der Waals surface area contributed by atoms with E-state index < -0.39 is 99.0 Å². The SMILES string of the molecule is CC(C)(C)c1cc(CCC(=O)OCC(COC(=O)CCc2cc(C(C)(C)C)c(O)c(C(C)(C)C)c2)(COC(=O)CCc2cc(C(C)(C)C)c(O)c(C(C)(C)C)c2)COC(=O)CCc2cc(C(C)(C)C)c(O)c(C(C)(C)C)c2)cc(C(C)(C)C)c1O.CC1(C)CC(O)CC(C)(C)[NH+]1O. The molecule has 0 amide bonds. The molecule has 0 unspecified atom stereocenters. The van der Waals surface area contributed by atoms with Crippen LogP contribution in [0, 0.1) is 5.41 Å². The minimum atomic E-state index is -1.58. The Hall–Kier alpha value is -6.16. The number of ether oxygens (including phenoxy) is 4. The largest absolute Gasteiger partial charge is 0.507 e. The van der Waals surface area contributed by atoms with Crippen LogP contribution in [-0.2, 0) is 107 Å². The van der Waals surface area contributed by atoms with E-state index in [9.17, 15) is 49.9 Å². The topological polar surface area (TPSA) is 231 Å². The van der Waals surface area contributed by atoms with Gasteiger partial charge in [-0.15, -0.1) is 0 Å². The Labute approximate surface area is 583 Å². The van der Waals surface area contributed by atoms with Crippen LogP contribution in [-0.4, -0.2) is 98.2 Å². The molecule has 4 aromatic rings. The van der Waals surface area contributed by atoms with Gasteiger partial charge in [0.05, 0.1) is 6.10 Å². The van der Waals surface area contributed by atoms with Crippen molar-refractivity contribution in [2.75, 3.05) is 26.4 Å². The number of carbonyl (C=O) groups is 4. The normalized spacial score (nSPS) is 16.4. The van der Waals surface area contributed by atoms with E-state index in [-0.39, 0.29) is 91.5 Å².